The van der Waals surface area contributed by atoms with Gasteiger partial charge in [0.1, 0.15) is 5.84 Å². The SMILES string of the molecule is CC(C)[C@@H]1CC2=Nc3ccccc3[C@@H](c3ccccc3)N21. The Hall–Kier alpha value is -2.09. The minimum absolute atomic E-state index is 0.316. The number of nitrogens with zero attached hydrogens (tertiary/aromatic N) is 2. The van der Waals surface area contributed by atoms with Crippen LogP contribution in [0.25, 0.3) is 0 Å². The van der Waals surface area contributed by atoms with Crippen LogP contribution in [0.2, 0.25) is 0 Å². The molecule has 4 rings (SSSR count). The first-order valence-corrected chi connectivity index (χ1v) is 7.75. The van der Waals surface area contributed by atoms with Crippen molar-refractivity contribution in [3.63, 3.8) is 0 Å². The average molecular weight is 276 g/mol. The number of aliphatic imine (C=N–C) groups is 1. The fourth-order valence-electron chi connectivity index (χ4n) is 3.56. The summed E-state index contributed by atoms with van der Waals surface area (Å²) in [5.74, 6) is 1.90. The summed E-state index contributed by atoms with van der Waals surface area (Å²) in [7, 11) is 0. The Morgan fingerprint density at radius 1 is 1.00 bits per heavy atom. The van der Waals surface area contributed by atoms with Crippen molar-refractivity contribution < 1.29 is 0 Å². The smallest absolute Gasteiger partial charge is 0.108 e. The highest BCUT2D eigenvalue weighted by Gasteiger charge is 2.44. The van der Waals surface area contributed by atoms with Crippen LogP contribution < -0.4 is 0 Å². The molecule has 2 aromatic rings. The molecule has 0 aromatic heterocycles. The number of rotatable bonds is 2. The Labute approximate surface area is 126 Å². The molecule has 0 aliphatic carbocycles. The highest BCUT2D eigenvalue weighted by atomic mass is 15.3. The van der Waals surface area contributed by atoms with Crippen LogP contribution >= 0.6 is 0 Å². The van der Waals surface area contributed by atoms with Gasteiger partial charge in [0.25, 0.3) is 0 Å². The van der Waals surface area contributed by atoms with Gasteiger partial charge in [0.2, 0.25) is 0 Å². The highest BCUT2D eigenvalue weighted by Crippen LogP contribution is 2.46. The quantitative estimate of drug-likeness (QED) is 0.785. The molecule has 0 N–H and O–H groups in total. The number of fused-ring (bicyclic) bond motifs is 2. The van der Waals surface area contributed by atoms with Crippen LogP contribution in [0.3, 0.4) is 0 Å². The lowest BCUT2D eigenvalue weighted by molar-refractivity contribution is 0.155. The van der Waals surface area contributed by atoms with Crippen LogP contribution in [-0.4, -0.2) is 16.8 Å². The van der Waals surface area contributed by atoms with E-state index in [1.54, 1.807) is 0 Å². The Bertz CT molecular complexity index is 688. The van der Waals surface area contributed by atoms with E-state index in [-0.39, 0.29) is 0 Å². The fourth-order valence-corrected chi connectivity index (χ4v) is 3.56. The van der Waals surface area contributed by atoms with Gasteiger partial charge in [-0.2, -0.15) is 0 Å². The van der Waals surface area contributed by atoms with Gasteiger partial charge in [0, 0.05) is 18.0 Å². The van der Waals surface area contributed by atoms with Crippen molar-refractivity contribution in [2.24, 2.45) is 10.9 Å². The van der Waals surface area contributed by atoms with Gasteiger partial charge in [0.15, 0.2) is 0 Å². The van der Waals surface area contributed by atoms with E-state index in [2.05, 4.69) is 73.3 Å². The van der Waals surface area contributed by atoms with Gasteiger partial charge >= 0.3 is 0 Å². The van der Waals surface area contributed by atoms with Crippen molar-refractivity contribution in [1.82, 2.24) is 4.90 Å². The van der Waals surface area contributed by atoms with Gasteiger partial charge in [-0.3, -0.25) is 0 Å². The summed E-state index contributed by atoms with van der Waals surface area (Å²) in [5.41, 5.74) is 3.83. The van der Waals surface area contributed by atoms with Crippen molar-refractivity contribution in [1.29, 1.82) is 0 Å². The minimum atomic E-state index is 0.316. The summed E-state index contributed by atoms with van der Waals surface area (Å²) in [4.78, 5) is 7.39. The Kier molecular flexibility index (Phi) is 2.85. The summed E-state index contributed by atoms with van der Waals surface area (Å²) >= 11 is 0. The van der Waals surface area contributed by atoms with Gasteiger partial charge in [0.05, 0.1) is 11.7 Å². The molecule has 2 aromatic carbocycles. The van der Waals surface area contributed by atoms with Crippen LogP contribution in [-0.2, 0) is 0 Å². The molecule has 0 unspecified atom stereocenters. The molecule has 0 saturated carbocycles. The summed E-state index contributed by atoms with van der Waals surface area (Å²) in [6, 6.07) is 20.3. The van der Waals surface area contributed by atoms with Crippen molar-refractivity contribution in [2.45, 2.75) is 32.4 Å². The van der Waals surface area contributed by atoms with Crippen LogP contribution in [0.1, 0.15) is 37.4 Å². The monoisotopic (exact) mass is 276 g/mol. The predicted octanol–water partition coefficient (Wildman–Crippen LogP) is 4.55. The van der Waals surface area contributed by atoms with E-state index in [9.17, 15) is 0 Å². The normalized spacial score (nSPS) is 23.2. The predicted molar refractivity (Wildman–Crippen MR) is 86.9 cm³/mol. The second-order valence-electron chi connectivity index (χ2n) is 6.32. The van der Waals surface area contributed by atoms with E-state index >= 15 is 0 Å². The van der Waals surface area contributed by atoms with Crippen molar-refractivity contribution in [3.05, 3.63) is 65.7 Å². The van der Waals surface area contributed by atoms with Crippen molar-refractivity contribution in [3.8, 4) is 0 Å². The zero-order chi connectivity index (χ0) is 14.4. The maximum absolute atomic E-state index is 4.86. The van der Waals surface area contributed by atoms with E-state index in [1.807, 2.05) is 0 Å². The lowest BCUT2D eigenvalue weighted by Gasteiger charge is -2.53. The number of hydrogen-bond acceptors (Lipinski definition) is 2. The van der Waals surface area contributed by atoms with Crippen LogP contribution in [0, 0.1) is 5.92 Å². The molecule has 0 amide bonds. The van der Waals surface area contributed by atoms with E-state index < -0.39 is 0 Å². The van der Waals surface area contributed by atoms with E-state index in [4.69, 9.17) is 4.99 Å². The molecule has 2 atom stereocenters. The molecule has 2 heterocycles. The Morgan fingerprint density at radius 3 is 2.48 bits per heavy atom. The zero-order valence-electron chi connectivity index (χ0n) is 12.5. The molecular weight excluding hydrogens is 256 g/mol. The maximum atomic E-state index is 4.86. The van der Waals surface area contributed by atoms with Gasteiger partial charge in [-0.25, -0.2) is 4.99 Å². The summed E-state index contributed by atoms with van der Waals surface area (Å²) in [6.45, 7) is 4.62. The second kappa shape index (κ2) is 4.73. The zero-order valence-corrected chi connectivity index (χ0v) is 12.5. The van der Waals surface area contributed by atoms with Gasteiger partial charge < -0.3 is 4.90 Å². The van der Waals surface area contributed by atoms with Gasteiger partial charge in [-0.15, -0.1) is 0 Å². The molecular formula is C19H20N2. The van der Waals surface area contributed by atoms with Gasteiger partial charge in [-0.1, -0.05) is 62.4 Å². The molecule has 1 saturated heterocycles. The minimum Gasteiger partial charge on any atom is -0.345 e. The third kappa shape index (κ3) is 1.90. The third-order valence-electron chi connectivity index (χ3n) is 4.69. The third-order valence-corrected chi connectivity index (χ3v) is 4.69. The van der Waals surface area contributed by atoms with Crippen LogP contribution in [0.5, 0.6) is 0 Å². The maximum Gasteiger partial charge on any atom is 0.108 e. The average Bonchev–Trinajstić information content (AvgIpc) is 2.49. The molecule has 1 fully saturated rings. The van der Waals surface area contributed by atoms with Gasteiger partial charge in [-0.05, 0) is 17.5 Å². The molecule has 0 bridgehead atoms. The van der Waals surface area contributed by atoms with Crippen molar-refractivity contribution in [2.75, 3.05) is 0 Å². The summed E-state index contributed by atoms with van der Waals surface area (Å²) in [5, 5.41) is 0. The molecule has 2 heteroatoms. The Balaban J connectivity index is 1.86. The number of hydrogen-bond donors (Lipinski definition) is 0. The fraction of sp³-hybridized carbons (Fsp3) is 0.316. The van der Waals surface area contributed by atoms with Crippen molar-refractivity contribution >= 4 is 11.5 Å². The number of benzene rings is 2. The first-order chi connectivity index (χ1) is 10.3. The molecule has 2 nitrogen and oxygen atoms in total. The lowest BCUT2D eigenvalue weighted by Crippen LogP contribution is -2.57. The summed E-state index contributed by atoms with van der Waals surface area (Å²) < 4.78 is 0. The second-order valence-corrected chi connectivity index (χ2v) is 6.32. The molecule has 106 valence electrons. The molecule has 0 spiro atoms. The standard InChI is InChI=1S/C19H20N2/c1-13(2)17-12-18-20-16-11-7-6-10-15(16)19(21(17)18)14-8-4-3-5-9-14/h3-11,13,17,19H,12H2,1-2H3/t17-,19+/m0/s1. The number of amidine groups is 1. The first-order valence-electron chi connectivity index (χ1n) is 7.75. The summed E-state index contributed by atoms with van der Waals surface area (Å²) in [6.07, 6.45) is 1.11. The van der Waals surface area contributed by atoms with E-state index in [0.29, 0.717) is 18.0 Å². The van der Waals surface area contributed by atoms with Crippen LogP contribution in [0.4, 0.5) is 5.69 Å². The van der Waals surface area contributed by atoms with Crippen LogP contribution in [0.15, 0.2) is 59.6 Å². The topological polar surface area (TPSA) is 15.6 Å². The van der Waals surface area contributed by atoms with E-state index in [0.717, 1.165) is 12.1 Å². The largest absolute Gasteiger partial charge is 0.345 e. The number of para-hydroxylation sites is 1. The lowest BCUT2D eigenvalue weighted by atomic mass is 9.82. The molecule has 2 aliphatic heterocycles. The molecule has 2 aliphatic rings. The highest BCUT2D eigenvalue weighted by molar-refractivity contribution is 5.93. The first kappa shape index (κ1) is 12.6. The van der Waals surface area contributed by atoms with E-state index in [1.165, 1.54) is 17.0 Å². The molecule has 0 radical (unpaired) electrons. The Morgan fingerprint density at radius 2 is 1.71 bits per heavy atom. The molecule has 21 heavy (non-hydrogen) atoms.